The van der Waals surface area contributed by atoms with E-state index in [0.717, 1.165) is 57.4 Å². The van der Waals surface area contributed by atoms with E-state index >= 15 is 0 Å². The van der Waals surface area contributed by atoms with Crippen LogP contribution in [0.2, 0.25) is 0 Å². The van der Waals surface area contributed by atoms with Crippen LogP contribution in [0.1, 0.15) is 42.5 Å². The largest absolute Gasteiger partial charge is 0.497 e. The van der Waals surface area contributed by atoms with Crippen molar-refractivity contribution >= 4 is 23.4 Å². The molecule has 3 amide bonds. The number of amides is 3. The molecule has 5 rings (SSSR count). The predicted octanol–water partition coefficient (Wildman–Crippen LogP) is 3.59. The maximum atomic E-state index is 13.2. The molecule has 0 saturated carbocycles. The second kappa shape index (κ2) is 10.2. The molecular weight excluding hydrogens is 442 g/mol. The molecule has 3 aliphatic rings. The number of imide groups is 1. The number of carbonyl (C=O) groups is 3. The molecule has 2 aromatic carbocycles. The monoisotopic (exact) mass is 475 g/mol. The summed E-state index contributed by atoms with van der Waals surface area (Å²) in [5, 5.41) is 0. The fraction of sp³-hybridized carbons (Fsp3) is 0.464. The fourth-order valence-corrected chi connectivity index (χ4v) is 5.96. The molecule has 3 saturated heterocycles. The first-order valence-electron chi connectivity index (χ1n) is 12.6. The summed E-state index contributed by atoms with van der Waals surface area (Å²) in [6, 6.07) is 16.3. The molecule has 184 valence electrons. The van der Waals surface area contributed by atoms with E-state index in [1.165, 1.54) is 4.90 Å². The summed E-state index contributed by atoms with van der Waals surface area (Å²) in [6.45, 7) is 3.29. The van der Waals surface area contributed by atoms with Crippen LogP contribution in [-0.2, 0) is 9.59 Å². The normalized spacial score (nSPS) is 22.6. The van der Waals surface area contributed by atoms with Crippen LogP contribution >= 0.6 is 0 Å². The molecule has 3 fully saturated rings. The molecule has 0 N–H and O–H groups in total. The lowest BCUT2D eigenvalue weighted by molar-refractivity contribution is -0.123. The van der Waals surface area contributed by atoms with Gasteiger partial charge in [0.15, 0.2) is 0 Å². The predicted molar refractivity (Wildman–Crippen MR) is 133 cm³/mol. The van der Waals surface area contributed by atoms with E-state index in [9.17, 15) is 14.4 Å². The summed E-state index contributed by atoms with van der Waals surface area (Å²) in [5.41, 5.74) is 1.34. The van der Waals surface area contributed by atoms with Gasteiger partial charge in [-0.05, 0) is 74.9 Å². The summed E-state index contributed by atoms with van der Waals surface area (Å²) >= 11 is 0. The molecule has 0 aromatic heterocycles. The van der Waals surface area contributed by atoms with Gasteiger partial charge in [-0.2, -0.15) is 0 Å². The SMILES string of the molecule is COc1cccc(N2C(=O)C[C@@H](N3CCC(C4CCN(C(=O)c5ccccc5)CC4)CC3)C2=O)c1. The molecule has 0 bridgehead atoms. The Labute approximate surface area is 206 Å². The Kier molecular flexibility index (Phi) is 6.86. The Morgan fingerprint density at radius 1 is 0.857 bits per heavy atom. The highest BCUT2D eigenvalue weighted by Crippen LogP contribution is 2.35. The lowest BCUT2D eigenvalue weighted by atomic mass is 9.78. The number of piperidine rings is 2. The van der Waals surface area contributed by atoms with Gasteiger partial charge in [-0.1, -0.05) is 24.3 Å². The van der Waals surface area contributed by atoms with Gasteiger partial charge < -0.3 is 9.64 Å². The zero-order valence-corrected chi connectivity index (χ0v) is 20.3. The van der Waals surface area contributed by atoms with Gasteiger partial charge in [-0.3, -0.25) is 19.3 Å². The van der Waals surface area contributed by atoms with E-state index < -0.39 is 0 Å². The van der Waals surface area contributed by atoms with Crippen LogP contribution < -0.4 is 9.64 Å². The zero-order chi connectivity index (χ0) is 24.4. The Balaban J connectivity index is 1.14. The van der Waals surface area contributed by atoms with E-state index in [4.69, 9.17) is 4.74 Å². The third-order valence-electron chi connectivity index (χ3n) is 7.96. The number of benzene rings is 2. The first kappa shape index (κ1) is 23.5. The Hall–Kier alpha value is -3.19. The van der Waals surface area contributed by atoms with E-state index in [-0.39, 0.29) is 30.2 Å². The molecule has 1 atom stereocenters. The zero-order valence-electron chi connectivity index (χ0n) is 20.3. The van der Waals surface area contributed by atoms with Crippen LogP contribution in [0.5, 0.6) is 5.75 Å². The molecule has 0 spiro atoms. The smallest absolute Gasteiger partial charge is 0.253 e. The lowest BCUT2D eigenvalue weighted by Gasteiger charge is -2.41. The number of ether oxygens (including phenoxy) is 1. The van der Waals surface area contributed by atoms with Gasteiger partial charge in [0, 0.05) is 24.7 Å². The second-order valence-electron chi connectivity index (χ2n) is 9.86. The molecule has 2 aromatic rings. The van der Waals surface area contributed by atoms with Crippen molar-refractivity contribution in [2.45, 2.75) is 38.1 Å². The molecule has 0 unspecified atom stereocenters. The van der Waals surface area contributed by atoms with Crippen molar-refractivity contribution in [1.82, 2.24) is 9.80 Å². The number of carbonyl (C=O) groups excluding carboxylic acids is 3. The van der Waals surface area contributed by atoms with Gasteiger partial charge in [0.1, 0.15) is 5.75 Å². The van der Waals surface area contributed by atoms with Crippen LogP contribution in [0.4, 0.5) is 5.69 Å². The molecule has 7 nitrogen and oxygen atoms in total. The quantitative estimate of drug-likeness (QED) is 0.618. The van der Waals surface area contributed by atoms with Gasteiger partial charge in [-0.15, -0.1) is 0 Å². The van der Waals surface area contributed by atoms with Gasteiger partial charge in [-0.25, -0.2) is 4.90 Å². The number of likely N-dealkylation sites (tertiary alicyclic amines) is 2. The molecule has 3 heterocycles. The van der Waals surface area contributed by atoms with Gasteiger partial charge in [0.05, 0.1) is 25.3 Å². The van der Waals surface area contributed by atoms with Crippen molar-refractivity contribution in [3.63, 3.8) is 0 Å². The highest BCUT2D eigenvalue weighted by atomic mass is 16.5. The summed E-state index contributed by atoms with van der Waals surface area (Å²) in [6.07, 6.45) is 4.38. The van der Waals surface area contributed by atoms with Crippen molar-refractivity contribution in [3.8, 4) is 5.75 Å². The summed E-state index contributed by atoms with van der Waals surface area (Å²) in [7, 11) is 1.57. The average molecular weight is 476 g/mol. The summed E-state index contributed by atoms with van der Waals surface area (Å²) < 4.78 is 5.26. The first-order valence-corrected chi connectivity index (χ1v) is 12.6. The highest BCUT2D eigenvalue weighted by Gasteiger charge is 2.44. The number of methoxy groups -OCH3 is 1. The van der Waals surface area contributed by atoms with Crippen molar-refractivity contribution in [1.29, 1.82) is 0 Å². The lowest BCUT2D eigenvalue weighted by Crippen LogP contribution is -2.47. The molecule has 35 heavy (non-hydrogen) atoms. The van der Waals surface area contributed by atoms with Crippen LogP contribution in [0, 0.1) is 11.8 Å². The van der Waals surface area contributed by atoms with Crippen molar-refractivity contribution in [2.24, 2.45) is 11.8 Å². The van der Waals surface area contributed by atoms with Gasteiger partial charge >= 0.3 is 0 Å². The van der Waals surface area contributed by atoms with Gasteiger partial charge in [0.2, 0.25) is 5.91 Å². The standard InChI is InChI=1S/C28H33N3O4/c1-35-24-9-5-8-23(18-24)31-26(32)19-25(28(31)34)29-14-10-20(11-15-29)21-12-16-30(17-13-21)27(33)22-6-3-2-4-7-22/h2-9,18,20-21,25H,10-17,19H2,1H3/t25-/m1/s1. The molecule has 0 radical (unpaired) electrons. The number of hydrogen-bond acceptors (Lipinski definition) is 5. The average Bonchev–Trinajstić information content (AvgIpc) is 3.22. The van der Waals surface area contributed by atoms with Crippen molar-refractivity contribution in [2.75, 3.05) is 38.2 Å². The molecule has 3 aliphatic heterocycles. The number of rotatable bonds is 5. The Bertz CT molecular complexity index is 1070. The van der Waals surface area contributed by atoms with Crippen LogP contribution in [0.3, 0.4) is 0 Å². The third-order valence-corrected chi connectivity index (χ3v) is 7.96. The molecule has 7 heteroatoms. The first-order chi connectivity index (χ1) is 17.0. The fourth-order valence-electron chi connectivity index (χ4n) is 5.96. The maximum Gasteiger partial charge on any atom is 0.253 e. The van der Waals surface area contributed by atoms with E-state index in [2.05, 4.69) is 4.90 Å². The van der Waals surface area contributed by atoms with Crippen molar-refractivity contribution in [3.05, 3.63) is 60.2 Å². The van der Waals surface area contributed by atoms with Crippen LogP contribution in [0.15, 0.2) is 54.6 Å². The van der Waals surface area contributed by atoms with Crippen LogP contribution in [0.25, 0.3) is 0 Å². The minimum absolute atomic E-state index is 0.129. The third kappa shape index (κ3) is 4.82. The van der Waals surface area contributed by atoms with E-state index in [0.29, 0.717) is 23.3 Å². The Morgan fingerprint density at radius 2 is 1.51 bits per heavy atom. The number of nitrogens with zero attached hydrogens (tertiary/aromatic N) is 3. The molecular formula is C28H33N3O4. The van der Waals surface area contributed by atoms with Gasteiger partial charge in [0.25, 0.3) is 11.8 Å². The number of anilines is 1. The van der Waals surface area contributed by atoms with Crippen LogP contribution in [-0.4, -0.2) is 66.9 Å². The minimum Gasteiger partial charge on any atom is -0.497 e. The molecule has 0 aliphatic carbocycles. The highest BCUT2D eigenvalue weighted by molar-refractivity contribution is 6.22. The summed E-state index contributed by atoms with van der Waals surface area (Å²) in [4.78, 5) is 44.2. The summed E-state index contributed by atoms with van der Waals surface area (Å²) in [5.74, 6) is 1.71. The second-order valence-corrected chi connectivity index (χ2v) is 9.86. The maximum absolute atomic E-state index is 13.2. The van der Waals surface area contributed by atoms with E-state index in [1.807, 2.05) is 35.2 Å². The number of hydrogen-bond donors (Lipinski definition) is 0. The minimum atomic E-state index is -0.375. The van der Waals surface area contributed by atoms with E-state index in [1.54, 1.807) is 31.4 Å². The van der Waals surface area contributed by atoms with Crippen molar-refractivity contribution < 1.29 is 19.1 Å². The topological polar surface area (TPSA) is 70.2 Å². The Morgan fingerprint density at radius 3 is 2.17 bits per heavy atom.